The van der Waals surface area contributed by atoms with Gasteiger partial charge in [0.15, 0.2) is 0 Å². The van der Waals surface area contributed by atoms with E-state index in [9.17, 15) is 4.79 Å². The standard InChI is InChI=1S/C16H18NO3P/c18-11-15(16(19)20)17-12-21(13-7-3-1-4-8-13)14-9-5-2-6-10-14/h1-10,15,17-18H,11-12H2,(H,19,20). The van der Waals surface area contributed by atoms with Gasteiger partial charge in [-0.25, -0.2) is 0 Å². The normalized spacial score (nSPS) is 12.3. The summed E-state index contributed by atoms with van der Waals surface area (Å²) in [6, 6.07) is 19.1. The lowest BCUT2D eigenvalue weighted by atomic mass is 10.3. The molecule has 2 rings (SSSR count). The number of benzene rings is 2. The van der Waals surface area contributed by atoms with E-state index in [1.54, 1.807) is 0 Å². The molecule has 3 N–H and O–H groups in total. The van der Waals surface area contributed by atoms with Crippen LogP contribution >= 0.6 is 7.92 Å². The molecule has 2 aromatic rings. The van der Waals surface area contributed by atoms with Crippen molar-refractivity contribution in [2.24, 2.45) is 0 Å². The third-order valence-corrected chi connectivity index (χ3v) is 5.45. The molecule has 0 saturated carbocycles. The number of nitrogens with one attached hydrogen (secondary N) is 1. The van der Waals surface area contributed by atoms with Gasteiger partial charge in [-0.05, 0) is 18.5 Å². The lowest BCUT2D eigenvalue weighted by Crippen LogP contribution is -2.41. The molecule has 110 valence electrons. The number of rotatable bonds is 7. The Labute approximate surface area is 125 Å². The Morgan fingerprint density at radius 2 is 1.48 bits per heavy atom. The van der Waals surface area contributed by atoms with Crippen molar-refractivity contribution in [2.45, 2.75) is 6.04 Å². The van der Waals surface area contributed by atoms with Crippen molar-refractivity contribution < 1.29 is 15.0 Å². The second kappa shape index (κ2) is 7.89. The fourth-order valence-corrected chi connectivity index (χ4v) is 4.11. The van der Waals surface area contributed by atoms with E-state index in [1.165, 1.54) is 10.6 Å². The average molecular weight is 303 g/mol. The maximum Gasteiger partial charge on any atom is 0.323 e. The van der Waals surface area contributed by atoms with Crippen LogP contribution < -0.4 is 15.9 Å². The Morgan fingerprint density at radius 1 is 1.00 bits per heavy atom. The summed E-state index contributed by atoms with van der Waals surface area (Å²) in [6.07, 6.45) is 0.515. The number of carbonyl (C=O) groups is 1. The first-order valence-electron chi connectivity index (χ1n) is 6.67. The van der Waals surface area contributed by atoms with Crippen LogP contribution in [0.25, 0.3) is 0 Å². The number of hydrogen-bond donors (Lipinski definition) is 3. The molecule has 0 radical (unpaired) electrons. The largest absolute Gasteiger partial charge is 0.480 e. The number of aliphatic hydroxyl groups is 1. The van der Waals surface area contributed by atoms with Crippen molar-refractivity contribution in [2.75, 3.05) is 12.9 Å². The van der Waals surface area contributed by atoms with Crippen molar-refractivity contribution in [1.29, 1.82) is 0 Å². The monoisotopic (exact) mass is 303 g/mol. The number of hydrogen-bond acceptors (Lipinski definition) is 3. The summed E-state index contributed by atoms with van der Waals surface area (Å²) in [5.74, 6) is -1.03. The van der Waals surface area contributed by atoms with Gasteiger partial charge in [0.25, 0.3) is 0 Å². The highest BCUT2D eigenvalue weighted by Crippen LogP contribution is 2.31. The van der Waals surface area contributed by atoms with Crippen LogP contribution in [0.3, 0.4) is 0 Å². The fraction of sp³-hybridized carbons (Fsp3) is 0.188. The first kappa shape index (κ1) is 15.6. The third kappa shape index (κ3) is 4.36. The van der Waals surface area contributed by atoms with E-state index in [1.807, 2.05) is 36.4 Å². The molecule has 21 heavy (non-hydrogen) atoms. The summed E-state index contributed by atoms with van der Waals surface area (Å²) in [7, 11) is -0.699. The van der Waals surface area contributed by atoms with E-state index in [4.69, 9.17) is 10.2 Å². The zero-order chi connectivity index (χ0) is 15.1. The van der Waals surface area contributed by atoms with Gasteiger partial charge in [-0.2, -0.15) is 0 Å². The molecule has 0 saturated heterocycles. The molecule has 5 heteroatoms. The van der Waals surface area contributed by atoms with E-state index in [0.717, 1.165) is 0 Å². The SMILES string of the molecule is O=C(O)C(CO)NCP(c1ccccc1)c1ccccc1. The van der Waals surface area contributed by atoms with Crippen LogP contribution in [0.15, 0.2) is 60.7 Å². The van der Waals surface area contributed by atoms with Crippen LogP contribution in [0, 0.1) is 0 Å². The van der Waals surface area contributed by atoms with Crippen molar-refractivity contribution in [1.82, 2.24) is 5.32 Å². The third-order valence-electron chi connectivity index (χ3n) is 3.11. The lowest BCUT2D eigenvalue weighted by Gasteiger charge is -2.21. The second-order valence-corrected chi connectivity index (χ2v) is 6.74. The predicted molar refractivity (Wildman–Crippen MR) is 85.6 cm³/mol. The Morgan fingerprint density at radius 3 is 1.86 bits per heavy atom. The summed E-state index contributed by atoms with van der Waals surface area (Å²) in [5.41, 5.74) is 0. The zero-order valence-electron chi connectivity index (χ0n) is 11.5. The molecule has 0 bridgehead atoms. The van der Waals surface area contributed by atoms with E-state index in [2.05, 4.69) is 29.6 Å². The van der Waals surface area contributed by atoms with Crippen molar-refractivity contribution >= 4 is 24.5 Å². The molecule has 0 aliphatic heterocycles. The lowest BCUT2D eigenvalue weighted by molar-refractivity contribution is -0.140. The minimum Gasteiger partial charge on any atom is -0.480 e. The van der Waals surface area contributed by atoms with Gasteiger partial charge < -0.3 is 10.2 Å². The van der Waals surface area contributed by atoms with Gasteiger partial charge in [0.2, 0.25) is 0 Å². The van der Waals surface area contributed by atoms with E-state index in [0.29, 0.717) is 6.29 Å². The highest BCUT2D eigenvalue weighted by Gasteiger charge is 2.19. The van der Waals surface area contributed by atoms with Gasteiger partial charge in [-0.3, -0.25) is 10.1 Å². The number of aliphatic hydroxyl groups excluding tert-OH is 1. The van der Waals surface area contributed by atoms with Crippen LogP contribution in [0.1, 0.15) is 0 Å². The highest BCUT2D eigenvalue weighted by molar-refractivity contribution is 7.72. The minimum atomic E-state index is -1.03. The van der Waals surface area contributed by atoms with Gasteiger partial charge in [0.05, 0.1) is 6.61 Å². The quantitative estimate of drug-likeness (QED) is 0.670. The van der Waals surface area contributed by atoms with E-state index in [-0.39, 0.29) is 0 Å². The fourth-order valence-electron chi connectivity index (χ4n) is 1.98. The summed E-state index contributed by atoms with van der Waals surface area (Å²) in [5, 5.41) is 23.4. The molecule has 1 unspecified atom stereocenters. The molecule has 0 aromatic heterocycles. The number of carboxylic acids is 1. The molecular weight excluding hydrogens is 285 g/mol. The molecule has 0 heterocycles. The van der Waals surface area contributed by atoms with Crippen LogP contribution in [0.4, 0.5) is 0 Å². The topological polar surface area (TPSA) is 69.6 Å². The van der Waals surface area contributed by atoms with Crippen molar-refractivity contribution in [3.8, 4) is 0 Å². The van der Waals surface area contributed by atoms with Gasteiger partial charge in [0.1, 0.15) is 6.04 Å². The Bertz CT molecular complexity index is 523. The Balaban J connectivity index is 2.19. The Hall–Kier alpha value is -1.74. The molecule has 0 fully saturated rings. The summed E-state index contributed by atoms with van der Waals surface area (Å²) in [6.45, 7) is -0.415. The summed E-state index contributed by atoms with van der Waals surface area (Å²) in [4.78, 5) is 11.0. The van der Waals surface area contributed by atoms with Gasteiger partial charge in [-0.15, -0.1) is 0 Å². The molecule has 2 aromatic carbocycles. The first-order valence-corrected chi connectivity index (χ1v) is 8.19. The van der Waals surface area contributed by atoms with Crippen molar-refractivity contribution in [3.63, 3.8) is 0 Å². The molecule has 1 atom stereocenters. The van der Waals surface area contributed by atoms with E-state index < -0.39 is 26.5 Å². The molecule has 4 nitrogen and oxygen atoms in total. The predicted octanol–water partition coefficient (Wildman–Crippen LogP) is 1.11. The summed E-state index contributed by atoms with van der Waals surface area (Å²) < 4.78 is 0. The first-order chi connectivity index (χ1) is 10.2. The van der Waals surface area contributed by atoms with Crippen LogP contribution in [0.5, 0.6) is 0 Å². The summed E-state index contributed by atoms with van der Waals surface area (Å²) >= 11 is 0. The number of carboxylic acid groups (broad SMARTS) is 1. The Kier molecular flexibility index (Phi) is 5.88. The number of aliphatic carboxylic acids is 1. The molecule has 0 spiro atoms. The maximum atomic E-state index is 11.0. The molecule has 0 amide bonds. The van der Waals surface area contributed by atoms with Crippen LogP contribution in [0.2, 0.25) is 0 Å². The zero-order valence-corrected chi connectivity index (χ0v) is 12.4. The van der Waals surface area contributed by atoms with Crippen LogP contribution in [-0.4, -0.2) is 35.1 Å². The molecule has 0 aliphatic rings. The van der Waals surface area contributed by atoms with Gasteiger partial charge >= 0.3 is 5.97 Å². The van der Waals surface area contributed by atoms with Crippen LogP contribution in [-0.2, 0) is 4.79 Å². The minimum absolute atomic E-state index is 0.415. The molecule has 0 aliphatic carbocycles. The average Bonchev–Trinajstić information content (AvgIpc) is 2.53. The van der Waals surface area contributed by atoms with Gasteiger partial charge in [-0.1, -0.05) is 60.7 Å². The van der Waals surface area contributed by atoms with Crippen molar-refractivity contribution in [3.05, 3.63) is 60.7 Å². The van der Waals surface area contributed by atoms with Gasteiger partial charge in [0, 0.05) is 6.29 Å². The van der Waals surface area contributed by atoms with E-state index >= 15 is 0 Å². The smallest absolute Gasteiger partial charge is 0.323 e. The molecular formula is C16H18NO3P. The maximum absolute atomic E-state index is 11.0. The highest BCUT2D eigenvalue weighted by atomic mass is 31.1. The second-order valence-electron chi connectivity index (χ2n) is 4.53.